The number of rotatable bonds is 6. The predicted octanol–water partition coefficient (Wildman–Crippen LogP) is 6.74. The summed E-state index contributed by atoms with van der Waals surface area (Å²) in [6.45, 7) is 0. The second kappa shape index (κ2) is 8.65. The molecule has 2 unspecified atom stereocenters. The lowest BCUT2D eigenvalue weighted by Crippen LogP contribution is -2.25. The Kier molecular flexibility index (Phi) is 5.81. The average molecular weight is 366 g/mol. The van der Waals surface area contributed by atoms with Crippen molar-refractivity contribution in [3.05, 3.63) is 71.5 Å². The second-order valence-electron chi connectivity index (χ2n) is 8.18. The maximum absolute atomic E-state index is 12.5. The molecule has 2 nitrogen and oxygen atoms in total. The number of ketones is 1. The molecular formula is C25H35NO. The van der Waals surface area contributed by atoms with Crippen molar-refractivity contribution in [1.82, 2.24) is 0 Å². The number of benzene rings is 1. The molecule has 1 aromatic rings. The van der Waals surface area contributed by atoms with E-state index in [9.17, 15) is 4.79 Å². The molecule has 0 bridgehead atoms. The van der Waals surface area contributed by atoms with E-state index in [1.807, 2.05) is 24.4 Å². The molecule has 4 rings (SSSR count). The number of hydrogen-bond acceptors (Lipinski definition) is 2. The Morgan fingerprint density at radius 2 is 1.96 bits per heavy atom. The summed E-state index contributed by atoms with van der Waals surface area (Å²) in [7, 11) is 0. The first-order valence-electron chi connectivity index (χ1n) is 10.5. The third-order valence-electron chi connectivity index (χ3n) is 6.21. The van der Waals surface area contributed by atoms with Gasteiger partial charge in [-0.15, -0.1) is 0 Å². The lowest BCUT2D eigenvalue weighted by Gasteiger charge is -2.30. The van der Waals surface area contributed by atoms with E-state index in [0.717, 1.165) is 32.1 Å². The van der Waals surface area contributed by atoms with Crippen molar-refractivity contribution in [2.75, 3.05) is 0 Å². The lowest BCUT2D eigenvalue weighted by molar-refractivity contribution is -0.120. The normalized spacial score (nSPS) is 24.5. The minimum absolute atomic E-state index is 0. The molecule has 0 amide bonds. The number of Topliss-reactive ketones (excluding diaryl/α,β-unsaturated/α-hetero) is 1. The van der Waals surface area contributed by atoms with Crippen molar-refractivity contribution in [1.29, 1.82) is 0 Å². The zero-order valence-electron chi connectivity index (χ0n) is 16.1. The van der Waals surface area contributed by atoms with Gasteiger partial charge in [-0.1, -0.05) is 60.6 Å². The molecule has 2 atom stereocenters. The van der Waals surface area contributed by atoms with Crippen LogP contribution in [0.15, 0.2) is 70.9 Å². The van der Waals surface area contributed by atoms with Crippen molar-refractivity contribution in [3.8, 4) is 0 Å². The first-order chi connectivity index (χ1) is 13.3. The fraction of sp³-hybridized carbons (Fsp3) is 0.440. The number of carbonyl (C=O) groups is 1. The monoisotopic (exact) mass is 365 g/mol. The molecule has 1 aliphatic heterocycles. The fourth-order valence-corrected chi connectivity index (χ4v) is 4.81. The molecule has 0 radical (unpaired) electrons. The number of nitrogens with zero attached hydrogens (tertiary/aromatic N) is 1. The summed E-state index contributed by atoms with van der Waals surface area (Å²) in [5.74, 6) is 1.46. The van der Waals surface area contributed by atoms with Crippen LogP contribution in [-0.2, 0) is 11.2 Å². The Hall–Kier alpha value is -2.22. The molecule has 0 aromatic heterocycles. The number of hydrogen-bond donors (Lipinski definition) is 0. The molecule has 1 saturated carbocycles. The molecule has 146 valence electrons. The van der Waals surface area contributed by atoms with Gasteiger partial charge in [0.15, 0.2) is 0 Å². The van der Waals surface area contributed by atoms with Gasteiger partial charge < -0.3 is 0 Å². The summed E-state index contributed by atoms with van der Waals surface area (Å²) in [6.07, 6.45) is 17.9. The van der Waals surface area contributed by atoms with Gasteiger partial charge in [0, 0.05) is 29.2 Å². The van der Waals surface area contributed by atoms with Crippen molar-refractivity contribution < 1.29 is 9.07 Å². The van der Waals surface area contributed by atoms with E-state index in [1.165, 1.54) is 41.7 Å². The number of allylic oxidation sites excluding steroid dienone is 5. The predicted molar refractivity (Wildman–Crippen MR) is 118 cm³/mol. The minimum Gasteiger partial charge on any atom is -0.300 e. The van der Waals surface area contributed by atoms with Crippen molar-refractivity contribution in [3.63, 3.8) is 0 Å². The molecule has 0 spiro atoms. The van der Waals surface area contributed by atoms with Gasteiger partial charge in [0.25, 0.3) is 0 Å². The van der Waals surface area contributed by atoms with E-state index in [4.69, 9.17) is 4.99 Å². The highest BCUT2D eigenvalue weighted by Gasteiger charge is 2.29. The molecule has 0 N–H and O–H groups in total. The van der Waals surface area contributed by atoms with Crippen molar-refractivity contribution >= 4 is 11.5 Å². The Balaban J connectivity index is 0.00000150. The first kappa shape index (κ1) is 18.2. The molecule has 27 heavy (non-hydrogen) atoms. The summed E-state index contributed by atoms with van der Waals surface area (Å²) in [4.78, 5) is 17.4. The molecule has 1 aromatic carbocycles. The quantitative estimate of drug-likeness (QED) is 0.549. The number of aliphatic imine (C=N–C) groups is 1. The van der Waals surface area contributed by atoms with Gasteiger partial charge in [-0.2, -0.15) is 0 Å². The van der Waals surface area contributed by atoms with Crippen LogP contribution in [0.4, 0.5) is 0 Å². The fourth-order valence-electron chi connectivity index (χ4n) is 4.81. The zero-order valence-corrected chi connectivity index (χ0v) is 16.1. The smallest absolute Gasteiger partial charge is 0.133 e. The number of carbonyl (C=O) groups excluding carboxylic acids is 1. The molecule has 0 saturated heterocycles. The standard InChI is InChI=1S/C25H29NO.3H2/c27-23(15-14-19-7-2-1-3-8-19)18-20-9-4-11-22(17-20)25-24-13-5-10-21(24)12-6-16-26-25;;;/h1-3,5-8,13,16,20,22H,4,9-12,14-15,17-18H2;3*1H. The topological polar surface area (TPSA) is 29.4 Å². The zero-order chi connectivity index (χ0) is 18.5. The van der Waals surface area contributed by atoms with Gasteiger partial charge in [-0.05, 0) is 55.6 Å². The van der Waals surface area contributed by atoms with Gasteiger partial charge in [-0.3, -0.25) is 9.79 Å². The van der Waals surface area contributed by atoms with Gasteiger partial charge in [0.2, 0.25) is 0 Å². The van der Waals surface area contributed by atoms with E-state index in [0.29, 0.717) is 24.0 Å². The summed E-state index contributed by atoms with van der Waals surface area (Å²) in [5.41, 5.74) is 5.46. The summed E-state index contributed by atoms with van der Waals surface area (Å²) in [5, 5.41) is 0. The SMILES string of the molecule is O=C(CCc1ccccc1)CC1CCCC(C2=NC=CCC3=C2C=CC3)C1.[HH].[HH].[HH]. The molecular weight excluding hydrogens is 330 g/mol. The Bertz CT molecular complexity index is 811. The average Bonchev–Trinajstić information content (AvgIpc) is 3.06. The van der Waals surface area contributed by atoms with Crippen LogP contribution < -0.4 is 0 Å². The molecule has 1 fully saturated rings. The lowest BCUT2D eigenvalue weighted by atomic mass is 9.75. The van der Waals surface area contributed by atoms with Crippen LogP contribution in [0.2, 0.25) is 0 Å². The highest BCUT2D eigenvalue weighted by Crippen LogP contribution is 2.37. The van der Waals surface area contributed by atoms with Crippen LogP contribution in [0.5, 0.6) is 0 Å². The largest absolute Gasteiger partial charge is 0.300 e. The van der Waals surface area contributed by atoms with Crippen LogP contribution in [0.1, 0.15) is 61.2 Å². The first-order valence-corrected chi connectivity index (χ1v) is 10.5. The highest BCUT2D eigenvalue weighted by molar-refractivity contribution is 6.06. The number of aryl methyl sites for hydroxylation is 1. The van der Waals surface area contributed by atoms with Crippen LogP contribution in [-0.4, -0.2) is 11.5 Å². The van der Waals surface area contributed by atoms with Crippen molar-refractivity contribution in [2.24, 2.45) is 16.8 Å². The van der Waals surface area contributed by atoms with E-state index in [1.54, 1.807) is 0 Å². The maximum atomic E-state index is 12.5. The summed E-state index contributed by atoms with van der Waals surface area (Å²) < 4.78 is 0. The van der Waals surface area contributed by atoms with Crippen LogP contribution >= 0.6 is 0 Å². The van der Waals surface area contributed by atoms with Gasteiger partial charge in [0.05, 0.1) is 5.71 Å². The van der Waals surface area contributed by atoms with Crippen molar-refractivity contribution in [2.45, 2.75) is 57.8 Å². The Morgan fingerprint density at radius 1 is 1.11 bits per heavy atom. The van der Waals surface area contributed by atoms with E-state index in [2.05, 4.69) is 30.4 Å². The van der Waals surface area contributed by atoms with Crippen LogP contribution in [0.3, 0.4) is 0 Å². The molecule has 2 aliphatic carbocycles. The summed E-state index contributed by atoms with van der Waals surface area (Å²) in [6, 6.07) is 10.4. The van der Waals surface area contributed by atoms with Gasteiger partial charge in [0.1, 0.15) is 5.78 Å². The Morgan fingerprint density at radius 3 is 2.85 bits per heavy atom. The molecule has 3 aliphatic rings. The molecule has 1 heterocycles. The van der Waals surface area contributed by atoms with E-state index >= 15 is 0 Å². The molecule has 2 heteroatoms. The maximum Gasteiger partial charge on any atom is 0.133 e. The minimum atomic E-state index is 0. The second-order valence-corrected chi connectivity index (χ2v) is 8.18. The summed E-state index contributed by atoms with van der Waals surface area (Å²) >= 11 is 0. The van der Waals surface area contributed by atoms with E-state index < -0.39 is 0 Å². The third kappa shape index (κ3) is 4.55. The highest BCUT2D eigenvalue weighted by atomic mass is 16.1. The van der Waals surface area contributed by atoms with E-state index in [-0.39, 0.29) is 4.28 Å². The third-order valence-corrected chi connectivity index (χ3v) is 6.21. The van der Waals surface area contributed by atoms with Crippen LogP contribution in [0, 0.1) is 11.8 Å². The Labute approximate surface area is 167 Å². The van der Waals surface area contributed by atoms with Gasteiger partial charge >= 0.3 is 0 Å². The van der Waals surface area contributed by atoms with Gasteiger partial charge in [-0.25, -0.2) is 0 Å². The van der Waals surface area contributed by atoms with Crippen LogP contribution in [0.25, 0.3) is 0 Å².